The van der Waals surface area contributed by atoms with Crippen molar-refractivity contribution >= 4 is 11.8 Å². The van der Waals surface area contributed by atoms with Crippen molar-refractivity contribution in [3.8, 4) is 0 Å². The largest absolute Gasteiger partial charge is 0.391 e. The molecule has 0 bridgehead atoms. The van der Waals surface area contributed by atoms with E-state index in [-0.39, 0.29) is 16.8 Å². The molecule has 1 heterocycles. The Hall–Kier alpha value is 0.270. The minimum absolute atomic E-state index is 0.0682. The first-order chi connectivity index (χ1) is 5.60. The van der Waals surface area contributed by atoms with Crippen molar-refractivity contribution in [2.45, 2.75) is 37.5 Å². The van der Waals surface area contributed by atoms with Crippen LogP contribution in [0.4, 0.5) is 0 Å². The van der Waals surface area contributed by atoms with Gasteiger partial charge in [0.05, 0.1) is 6.10 Å². The summed E-state index contributed by atoms with van der Waals surface area (Å²) >= 11 is 1.89. The normalized spacial score (nSPS) is 35.0. The Labute approximate surface area is 78.9 Å². The van der Waals surface area contributed by atoms with Gasteiger partial charge in [0.15, 0.2) is 0 Å². The number of hydrogen-bond acceptors (Lipinski definition) is 3. The van der Waals surface area contributed by atoms with Crippen LogP contribution < -0.4 is 5.73 Å². The molecule has 1 aliphatic heterocycles. The van der Waals surface area contributed by atoms with Crippen LogP contribution in [-0.2, 0) is 0 Å². The monoisotopic (exact) mass is 189 g/mol. The number of aliphatic hydroxyl groups excluding tert-OH is 1. The molecule has 3 unspecified atom stereocenters. The second-order valence-electron chi connectivity index (χ2n) is 3.92. The number of hydrogen-bond donors (Lipinski definition) is 2. The summed E-state index contributed by atoms with van der Waals surface area (Å²) in [5, 5.41) is 9.98. The number of nitrogens with two attached hydrogens (primary N) is 1. The average Bonchev–Trinajstić information content (AvgIpc) is 2.50. The molecule has 0 aromatic carbocycles. The number of rotatable bonds is 3. The van der Waals surface area contributed by atoms with Crippen molar-refractivity contribution < 1.29 is 5.11 Å². The van der Waals surface area contributed by atoms with E-state index in [1.165, 1.54) is 12.2 Å². The van der Waals surface area contributed by atoms with Crippen LogP contribution in [0.15, 0.2) is 0 Å². The SMILES string of the molecule is CC(CN)C(O)C1(C)CCCS1. The van der Waals surface area contributed by atoms with Crippen molar-refractivity contribution in [1.29, 1.82) is 0 Å². The van der Waals surface area contributed by atoms with Crippen LogP contribution in [0.5, 0.6) is 0 Å². The highest BCUT2D eigenvalue weighted by molar-refractivity contribution is 8.00. The zero-order valence-corrected chi connectivity index (χ0v) is 8.73. The summed E-state index contributed by atoms with van der Waals surface area (Å²) in [4.78, 5) is 0. The molecule has 72 valence electrons. The van der Waals surface area contributed by atoms with Crippen LogP contribution in [0.3, 0.4) is 0 Å². The van der Waals surface area contributed by atoms with Gasteiger partial charge in [0, 0.05) is 4.75 Å². The molecule has 2 nitrogen and oxygen atoms in total. The molecule has 0 aromatic rings. The van der Waals surface area contributed by atoms with Gasteiger partial charge in [0.1, 0.15) is 0 Å². The minimum Gasteiger partial charge on any atom is -0.391 e. The van der Waals surface area contributed by atoms with Crippen molar-refractivity contribution in [2.75, 3.05) is 12.3 Å². The van der Waals surface area contributed by atoms with Gasteiger partial charge in [-0.15, -0.1) is 0 Å². The lowest BCUT2D eigenvalue weighted by Gasteiger charge is -2.32. The molecule has 1 rings (SSSR count). The fraction of sp³-hybridized carbons (Fsp3) is 1.00. The van der Waals surface area contributed by atoms with E-state index >= 15 is 0 Å². The van der Waals surface area contributed by atoms with E-state index < -0.39 is 0 Å². The Morgan fingerprint density at radius 2 is 2.33 bits per heavy atom. The van der Waals surface area contributed by atoms with Gasteiger partial charge in [-0.25, -0.2) is 0 Å². The molecule has 0 spiro atoms. The van der Waals surface area contributed by atoms with Gasteiger partial charge >= 0.3 is 0 Å². The predicted molar refractivity (Wildman–Crippen MR) is 54.3 cm³/mol. The summed E-state index contributed by atoms with van der Waals surface area (Å²) in [6, 6.07) is 0. The molecule has 1 saturated heterocycles. The van der Waals surface area contributed by atoms with Crippen molar-refractivity contribution in [3.05, 3.63) is 0 Å². The van der Waals surface area contributed by atoms with E-state index in [2.05, 4.69) is 6.92 Å². The fourth-order valence-electron chi connectivity index (χ4n) is 1.76. The molecule has 0 amide bonds. The summed E-state index contributed by atoms with van der Waals surface area (Å²) in [6.45, 7) is 4.76. The van der Waals surface area contributed by atoms with Gasteiger partial charge in [-0.3, -0.25) is 0 Å². The topological polar surface area (TPSA) is 46.2 Å². The third kappa shape index (κ3) is 1.95. The van der Waals surface area contributed by atoms with Crippen LogP contribution in [0.2, 0.25) is 0 Å². The number of thioether (sulfide) groups is 1. The number of aliphatic hydroxyl groups is 1. The second kappa shape index (κ2) is 3.99. The molecule has 1 fully saturated rings. The molecule has 3 N–H and O–H groups in total. The van der Waals surface area contributed by atoms with Gasteiger partial charge in [-0.1, -0.05) is 6.92 Å². The zero-order valence-electron chi connectivity index (χ0n) is 7.92. The zero-order chi connectivity index (χ0) is 9.19. The highest BCUT2D eigenvalue weighted by atomic mass is 32.2. The molecule has 1 aliphatic rings. The van der Waals surface area contributed by atoms with Crippen LogP contribution in [-0.4, -0.2) is 28.3 Å². The molecular weight excluding hydrogens is 170 g/mol. The Kier molecular flexibility index (Phi) is 3.44. The second-order valence-corrected chi connectivity index (χ2v) is 5.55. The van der Waals surface area contributed by atoms with E-state index in [4.69, 9.17) is 5.73 Å². The Balaban J connectivity index is 2.54. The highest BCUT2D eigenvalue weighted by Crippen LogP contribution is 2.42. The summed E-state index contributed by atoms with van der Waals surface area (Å²) in [7, 11) is 0. The maximum atomic E-state index is 9.98. The highest BCUT2D eigenvalue weighted by Gasteiger charge is 2.38. The lowest BCUT2D eigenvalue weighted by Crippen LogP contribution is -2.41. The Morgan fingerprint density at radius 3 is 2.75 bits per heavy atom. The molecule has 0 aliphatic carbocycles. The van der Waals surface area contributed by atoms with Gasteiger partial charge in [0.2, 0.25) is 0 Å². The van der Waals surface area contributed by atoms with E-state index in [1.807, 2.05) is 18.7 Å². The summed E-state index contributed by atoms with van der Waals surface area (Å²) in [5.74, 6) is 1.41. The summed E-state index contributed by atoms with van der Waals surface area (Å²) in [5.41, 5.74) is 5.53. The quantitative estimate of drug-likeness (QED) is 0.702. The standard InChI is InChI=1S/C9H19NOS/c1-7(6-10)8(11)9(2)4-3-5-12-9/h7-8,11H,3-6,10H2,1-2H3. The predicted octanol–water partition coefficient (Wildman–Crippen LogP) is 1.23. The lowest BCUT2D eigenvalue weighted by molar-refractivity contribution is 0.0838. The third-order valence-electron chi connectivity index (χ3n) is 2.79. The minimum atomic E-state index is -0.241. The van der Waals surface area contributed by atoms with Crippen molar-refractivity contribution in [1.82, 2.24) is 0 Å². The van der Waals surface area contributed by atoms with Crippen molar-refractivity contribution in [2.24, 2.45) is 11.7 Å². The molecular formula is C9H19NOS. The van der Waals surface area contributed by atoms with Crippen LogP contribution in [0, 0.1) is 5.92 Å². The molecule has 12 heavy (non-hydrogen) atoms. The average molecular weight is 189 g/mol. The summed E-state index contributed by atoms with van der Waals surface area (Å²) < 4.78 is 0.0682. The van der Waals surface area contributed by atoms with Gasteiger partial charge < -0.3 is 10.8 Å². The van der Waals surface area contributed by atoms with E-state index in [1.54, 1.807) is 0 Å². The first kappa shape index (κ1) is 10.4. The Bertz CT molecular complexity index is 145. The first-order valence-corrected chi connectivity index (χ1v) is 5.61. The lowest BCUT2D eigenvalue weighted by atomic mass is 9.90. The maximum absolute atomic E-state index is 9.98. The molecule has 0 aromatic heterocycles. The molecule has 0 saturated carbocycles. The van der Waals surface area contributed by atoms with Gasteiger partial charge in [0.25, 0.3) is 0 Å². The molecule has 3 heteroatoms. The van der Waals surface area contributed by atoms with Gasteiger partial charge in [-0.2, -0.15) is 11.8 Å². The Morgan fingerprint density at radius 1 is 1.67 bits per heavy atom. The van der Waals surface area contributed by atoms with Crippen LogP contribution in [0.1, 0.15) is 26.7 Å². The maximum Gasteiger partial charge on any atom is 0.0721 e. The van der Waals surface area contributed by atoms with E-state index in [0.29, 0.717) is 6.54 Å². The van der Waals surface area contributed by atoms with Crippen LogP contribution >= 0.6 is 11.8 Å². The fourth-order valence-corrected chi connectivity index (χ4v) is 3.21. The van der Waals surface area contributed by atoms with Crippen LogP contribution in [0.25, 0.3) is 0 Å². The summed E-state index contributed by atoms with van der Waals surface area (Å²) in [6.07, 6.45) is 2.12. The van der Waals surface area contributed by atoms with Gasteiger partial charge in [-0.05, 0) is 38.0 Å². The van der Waals surface area contributed by atoms with E-state index in [0.717, 1.165) is 6.42 Å². The smallest absolute Gasteiger partial charge is 0.0721 e. The van der Waals surface area contributed by atoms with E-state index in [9.17, 15) is 5.11 Å². The first-order valence-electron chi connectivity index (χ1n) is 4.62. The molecule has 0 radical (unpaired) electrons. The van der Waals surface area contributed by atoms with Crippen molar-refractivity contribution in [3.63, 3.8) is 0 Å². The third-order valence-corrected chi connectivity index (χ3v) is 4.38. The molecule has 3 atom stereocenters.